The van der Waals surface area contributed by atoms with Crippen LogP contribution in [-0.2, 0) is 6.42 Å². The molecule has 3 aromatic heterocycles. The molecule has 0 bridgehead atoms. The van der Waals surface area contributed by atoms with E-state index in [9.17, 15) is 4.79 Å². The number of amides is 1. The van der Waals surface area contributed by atoms with Crippen molar-refractivity contribution >= 4 is 28.8 Å². The molecule has 1 amide bonds. The lowest BCUT2D eigenvalue weighted by atomic mass is 10.0. The fourth-order valence-electron chi connectivity index (χ4n) is 2.38. The molecule has 0 fully saturated rings. The number of furan rings is 1. The lowest BCUT2D eigenvalue weighted by Crippen LogP contribution is -2.28. The Labute approximate surface area is 142 Å². The number of carbonyl (C=O) groups excluding carboxylic acids is 1. The molecule has 0 aromatic carbocycles. The van der Waals surface area contributed by atoms with Gasteiger partial charge in [0.15, 0.2) is 0 Å². The maximum Gasteiger partial charge on any atom is 0.264 e. The van der Waals surface area contributed by atoms with E-state index in [1.54, 1.807) is 17.6 Å². The predicted octanol–water partition coefficient (Wildman–Crippen LogP) is 3.71. The van der Waals surface area contributed by atoms with Crippen molar-refractivity contribution in [2.24, 2.45) is 0 Å². The van der Waals surface area contributed by atoms with Gasteiger partial charge in [0.2, 0.25) is 0 Å². The Kier molecular flexibility index (Phi) is 5.19. The van der Waals surface area contributed by atoms with Gasteiger partial charge in [0.05, 0.1) is 17.9 Å². The molecule has 0 saturated carbocycles. The van der Waals surface area contributed by atoms with Crippen molar-refractivity contribution < 1.29 is 9.21 Å². The number of hydrogen-bond acceptors (Lipinski definition) is 6. The zero-order valence-corrected chi connectivity index (χ0v) is 14.3. The van der Waals surface area contributed by atoms with Gasteiger partial charge >= 0.3 is 0 Å². The number of aromatic nitrogens is 2. The van der Waals surface area contributed by atoms with E-state index in [0.29, 0.717) is 11.4 Å². The second-order valence-corrected chi connectivity index (χ2v) is 6.83. The number of carbonyl (C=O) groups is 1. The molecule has 0 aliphatic heterocycles. The van der Waals surface area contributed by atoms with E-state index in [1.807, 2.05) is 23.6 Å². The topological polar surface area (TPSA) is 68.0 Å². The monoisotopic (exact) mass is 347 g/mol. The van der Waals surface area contributed by atoms with Gasteiger partial charge in [0.1, 0.15) is 10.6 Å². The Bertz CT molecular complexity index is 701. The maximum absolute atomic E-state index is 12.4. The normalized spacial score (nSPS) is 12.2. The van der Waals surface area contributed by atoms with Crippen molar-refractivity contribution in [3.05, 3.63) is 57.1 Å². The number of hydrogen-bond donors (Lipinski definition) is 1. The van der Waals surface area contributed by atoms with E-state index in [1.165, 1.54) is 0 Å². The van der Waals surface area contributed by atoms with Crippen molar-refractivity contribution in [2.45, 2.75) is 25.7 Å². The summed E-state index contributed by atoms with van der Waals surface area (Å²) in [5, 5.41) is 9.07. The van der Waals surface area contributed by atoms with Crippen LogP contribution in [0, 0.1) is 0 Å². The molecular weight excluding hydrogens is 330 g/mol. The molecule has 120 valence electrons. The number of aryl methyl sites for hydroxylation is 1. The average molecular weight is 347 g/mol. The smallest absolute Gasteiger partial charge is 0.264 e. The van der Waals surface area contributed by atoms with Crippen LogP contribution in [-0.4, -0.2) is 22.0 Å². The van der Waals surface area contributed by atoms with Gasteiger partial charge in [-0.2, -0.15) is 0 Å². The minimum atomic E-state index is -0.114. The lowest BCUT2D eigenvalue weighted by Gasteiger charge is -2.14. The Morgan fingerprint density at radius 3 is 3.00 bits per heavy atom. The zero-order valence-electron chi connectivity index (χ0n) is 12.7. The number of nitrogens with zero attached hydrogens (tertiary/aromatic N) is 2. The molecule has 0 aliphatic rings. The van der Waals surface area contributed by atoms with Gasteiger partial charge in [-0.15, -0.1) is 16.4 Å². The lowest BCUT2D eigenvalue weighted by molar-refractivity contribution is 0.0955. The van der Waals surface area contributed by atoms with Crippen molar-refractivity contribution in [1.29, 1.82) is 0 Å². The molecule has 3 aromatic rings. The van der Waals surface area contributed by atoms with Crippen LogP contribution >= 0.6 is 22.9 Å². The predicted molar refractivity (Wildman–Crippen MR) is 91.1 cm³/mol. The summed E-state index contributed by atoms with van der Waals surface area (Å²) in [7, 11) is 0. The molecule has 0 saturated heterocycles. The van der Waals surface area contributed by atoms with Crippen molar-refractivity contribution in [3.63, 3.8) is 0 Å². The van der Waals surface area contributed by atoms with Gasteiger partial charge in [-0.3, -0.25) is 4.79 Å². The molecule has 0 aliphatic carbocycles. The molecule has 3 rings (SSSR count). The summed E-state index contributed by atoms with van der Waals surface area (Å²) in [4.78, 5) is 14.2. The van der Waals surface area contributed by atoms with Gasteiger partial charge in [-0.25, -0.2) is 0 Å². The molecule has 23 heavy (non-hydrogen) atoms. The van der Waals surface area contributed by atoms with Gasteiger partial charge < -0.3 is 9.73 Å². The maximum atomic E-state index is 12.4. The van der Waals surface area contributed by atoms with Gasteiger partial charge in [-0.1, -0.05) is 23.9 Å². The van der Waals surface area contributed by atoms with Gasteiger partial charge in [0, 0.05) is 11.4 Å². The zero-order chi connectivity index (χ0) is 16.1. The van der Waals surface area contributed by atoms with Gasteiger partial charge in [-0.05, 0) is 41.5 Å². The molecule has 1 atom stereocenters. The quantitative estimate of drug-likeness (QED) is 0.707. The van der Waals surface area contributed by atoms with Crippen LogP contribution in [0.1, 0.15) is 45.3 Å². The average Bonchev–Trinajstić information content (AvgIpc) is 3.30. The third-order valence-electron chi connectivity index (χ3n) is 3.49. The molecule has 0 radical (unpaired) electrons. The summed E-state index contributed by atoms with van der Waals surface area (Å²) in [5.74, 6) is 0.755. The fourth-order valence-corrected chi connectivity index (χ4v) is 3.84. The standard InChI is InChI=1S/C16H17N3O2S2/c1-2-5-12-15(23-19-18-12)16(20)17-10-11(13-6-3-8-21-13)14-7-4-9-22-14/h3-4,6-9,11H,2,5,10H2,1H3,(H,17,20)/t11-/m0/s1. The summed E-state index contributed by atoms with van der Waals surface area (Å²) in [6.07, 6.45) is 3.37. The SMILES string of the molecule is CCCc1nnsc1C(=O)NC[C@@H](c1ccco1)c1cccs1. The third kappa shape index (κ3) is 3.68. The minimum absolute atomic E-state index is 0.0180. The fraction of sp³-hybridized carbons (Fsp3) is 0.312. The van der Waals surface area contributed by atoms with Gasteiger partial charge in [0.25, 0.3) is 5.91 Å². The summed E-state index contributed by atoms with van der Waals surface area (Å²) in [6.45, 7) is 2.54. The first kappa shape index (κ1) is 15.9. The summed E-state index contributed by atoms with van der Waals surface area (Å²) in [6, 6.07) is 7.86. The highest BCUT2D eigenvalue weighted by atomic mass is 32.1. The van der Waals surface area contributed by atoms with E-state index in [4.69, 9.17) is 4.42 Å². The highest BCUT2D eigenvalue weighted by molar-refractivity contribution is 7.10. The molecular formula is C16H17N3O2S2. The second kappa shape index (κ2) is 7.52. The molecule has 0 spiro atoms. The first-order valence-corrected chi connectivity index (χ1v) is 9.11. The largest absolute Gasteiger partial charge is 0.469 e. The van der Waals surface area contributed by atoms with Crippen LogP contribution in [0.15, 0.2) is 40.3 Å². The Morgan fingerprint density at radius 2 is 2.30 bits per heavy atom. The van der Waals surface area contributed by atoms with Crippen LogP contribution in [0.2, 0.25) is 0 Å². The molecule has 1 N–H and O–H groups in total. The molecule has 3 heterocycles. The molecule has 0 unspecified atom stereocenters. The number of nitrogens with one attached hydrogen (secondary N) is 1. The second-order valence-electron chi connectivity index (χ2n) is 5.09. The molecule has 7 heteroatoms. The van der Waals surface area contributed by atoms with E-state index >= 15 is 0 Å². The summed E-state index contributed by atoms with van der Waals surface area (Å²) < 4.78 is 9.44. The van der Waals surface area contributed by atoms with Crippen LogP contribution in [0.3, 0.4) is 0 Å². The van der Waals surface area contributed by atoms with Crippen molar-refractivity contribution in [3.8, 4) is 0 Å². The Hall–Kier alpha value is -1.99. The summed E-state index contributed by atoms with van der Waals surface area (Å²) >= 11 is 2.81. The van der Waals surface area contributed by atoms with E-state index in [-0.39, 0.29) is 11.8 Å². The molecule has 5 nitrogen and oxygen atoms in total. The van der Waals surface area contributed by atoms with Crippen molar-refractivity contribution in [1.82, 2.24) is 14.9 Å². The van der Waals surface area contributed by atoms with E-state index in [0.717, 1.165) is 40.7 Å². The Balaban J connectivity index is 1.72. The van der Waals surface area contributed by atoms with E-state index in [2.05, 4.69) is 27.9 Å². The first-order chi connectivity index (χ1) is 11.3. The van der Waals surface area contributed by atoms with Crippen LogP contribution in [0.4, 0.5) is 0 Å². The van der Waals surface area contributed by atoms with Crippen molar-refractivity contribution in [2.75, 3.05) is 6.54 Å². The highest BCUT2D eigenvalue weighted by Gasteiger charge is 2.21. The van der Waals surface area contributed by atoms with E-state index < -0.39 is 0 Å². The van der Waals surface area contributed by atoms with Crippen LogP contribution in [0.5, 0.6) is 0 Å². The first-order valence-electron chi connectivity index (χ1n) is 7.45. The third-order valence-corrected chi connectivity index (χ3v) is 5.24. The highest BCUT2D eigenvalue weighted by Crippen LogP contribution is 2.28. The minimum Gasteiger partial charge on any atom is -0.469 e. The van der Waals surface area contributed by atoms with Crippen LogP contribution in [0.25, 0.3) is 0 Å². The van der Waals surface area contributed by atoms with Crippen LogP contribution < -0.4 is 5.32 Å². The Morgan fingerprint density at radius 1 is 1.39 bits per heavy atom. The summed E-state index contributed by atoms with van der Waals surface area (Å²) in [5.41, 5.74) is 0.778. The number of rotatable bonds is 7. The number of thiophene rings is 1.